The fraction of sp³-hybridized carbons (Fsp3) is 0.462. The van der Waals surface area contributed by atoms with Crippen molar-refractivity contribution in [3.05, 3.63) is 28.9 Å². The molecule has 0 aliphatic carbocycles. The molecule has 2 aromatic heterocycles. The summed E-state index contributed by atoms with van der Waals surface area (Å²) in [4.78, 5) is 5.69. The predicted molar refractivity (Wildman–Crippen MR) is 70.3 cm³/mol. The minimum absolute atomic E-state index is 0.416. The smallest absolute Gasteiger partial charge is 0.192 e. The third-order valence-corrected chi connectivity index (χ3v) is 3.94. The van der Waals surface area contributed by atoms with Crippen molar-refractivity contribution in [1.29, 1.82) is 0 Å². The molecule has 0 spiro atoms. The van der Waals surface area contributed by atoms with Crippen LogP contribution in [0, 0.1) is 0 Å². The standard InChI is InChI=1S/C13H15N3OS/c1-12(2)9-10(13(3,4)17-12)15-16-11(14-9)8-6-5-7-18-8/h5-7H,1-4H3. The summed E-state index contributed by atoms with van der Waals surface area (Å²) in [6, 6.07) is 3.99. The summed E-state index contributed by atoms with van der Waals surface area (Å²) < 4.78 is 6.02. The van der Waals surface area contributed by atoms with E-state index in [1.54, 1.807) is 11.3 Å². The summed E-state index contributed by atoms with van der Waals surface area (Å²) in [5.41, 5.74) is 0.895. The van der Waals surface area contributed by atoms with E-state index in [0.717, 1.165) is 16.3 Å². The molecule has 0 aromatic carbocycles. The molecule has 0 amide bonds. The molecule has 1 aliphatic heterocycles. The molecular weight excluding hydrogens is 246 g/mol. The average Bonchev–Trinajstić information content (AvgIpc) is 2.85. The molecule has 5 heteroatoms. The number of ether oxygens (including phenoxy) is 1. The number of hydrogen-bond donors (Lipinski definition) is 0. The van der Waals surface area contributed by atoms with Gasteiger partial charge in [-0.1, -0.05) is 6.07 Å². The summed E-state index contributed by atoms with van der Waals surface area (Å²) in [5, 5.41) is 10.6. The molecule has 3 heterocycles. The van der Waals surface area contributed by atoms with Crippen LogP contribution in [-0.4, -0.2) is 15.2 Å². The lowest BCUT2D eigenvalue weighted by molar-refractivity contribution is -0.107. The van der Waals surface area contributed by atoms with E-state index in [9.17, 15) is 0 Å². The molecule has 3 rings (SSSR count). The number of fused-ring (bicyclic) bond motifs is 1. The van der Waals surface area contributed by atoms with Crippen LogP contribution in [0.3, 0.4) is 0 Å². The lowest BCUT2D eigenvalue weighted by atomic mass is 10.0. The lowest BCUT2D eigenvalue weighted by Crippen LogP contribution is -2.23. The number of aromatic nitrogens is 3. The third-order valence-electron chi connectivity index (χ3n) is 3.08. The van der Waals surface area contributed by atoms with E-state index in [1.807, 2.05) is 45.2 Å². The van der Waals surface area contributed by atoms with Gasteiger partial charge in [0.2, 0.25) is 0 Å². The minimum Gasteiger partial charge on any atom is -0.357 e. The molecule has 0 saturated heterocycles. The van der Waals surface area contributed by atoms with Gasteiger partial charge < -0.3 is 4.74 Å². The maximum atomic E-state index is 6.02. The van der Waals surface area contributed by atoms with Crippen LogP contribution in [0.4, 0.5) is 0 Å². The molecule has 94 valence electrons. The predicted octanol–water partition coefficient (Wildman–Crippen LogP) is 3.10. The van der Waals surface area contributed by atoms with Crippen molar-refractivity contribution in [2.24, 2.45) is 0 Å². The first-order valence-electron chi connectivity index (χ1n) is 5.90. The highest BCUT2D eigenvalue weighted by molar-refractivity contribution is 7.13. The lowest BCUT2D eigenvalue weighted by Gasteiger charge is -2.23. The van der Waals surface area contributed by atoms with E-state index < -0.39 is 11.2 Å². The second-order valence-corrected chi connectivity index (χ2v) is 6.38. The van der Waals surface area contributed by atoms with Gasteiger partial charge in [0.25, 0.3) is 0 Å². The van der Waals surface area contributed by atoms with E-state index in [0.29, 0.717) is 5.82 Å². The first-order chi connectivity index (χ1) is 8.40. The van der Waals surface area contributed by atoms with Crippen molar-refractivity contribution in [2.45, 2.75) is 38.9 Å². The molecule has 0 fully saturated rings. The van der Waals surface area contributed by atoms with Gasteiger partial charge in [-0.25, -0.2) is 4.98 Å². The highest BCUT2D eigenvalue weighted by Gasteiger charge is 2.46. The van der Waals surface area contributed by atoms with Crippen molar-refractivity contribution < 1.29 is 4.74 Å². The Morgan fingerprint density at radius 2 is 1.78 bits per heavy atom. The zero-order valence-corrected chi connectivity index (χ0v) is 11.7. The molecule has 1 aliphatic rings. The SMILES string of the molecule is CC1(C)OC(C)(C)c2nc(-c3cccs3)nnc21. The van der Waals surface area contributed by atoms with Crippen LogP contribution < -0.4 is 0 Å². The molecule has 0 N–H and O–H groups in total. The number of nitrogens with zero attached hydrogens (tertiary/aromatic N) is 3. The maximum Gasteiger partial charge on any atom is 0.192 e. The van der Waals surface area contributed by atoms with E-state index in [4.69, 9.17) is 4.74 Å². The summed E-state index contributed by atoms with van der Waals surface area (Å²) in [7, 11) is 0. The number of rotatable bonds is 1. The molecule has 4 nitrogen and oxygen atoms in total. The van der Waals surface area contributed by atoms with Crippen LogP contribution in [0.15, 0.2) is 17.5 Å². The molecule has 0 unspecified atom stereocenters. The van der Waals surface area contributed by atoms with Gasteiger partial charge in [-0.3, -0.25) is 0 Å². The van der Waals surface area contributed by atoms with Crippen LogP contribution in [0.5, 0.6) is 0 Å². The van der Waals surface area contributed by atoms with Crippen LogP contribution in [-0.2, 0) is 15.9 Å². The topological polar surface area (TPSA) is 47.9 Å². The molecular formula is C13H15N3OS. The molecule has 2 aromatic rings. The second kappa shape index (κ2) is 3.59. The van der Waals surface area contributed by atoms with Crippen LogP contribution in [0.25, 0.3) is 10.7 Å². The Kier molecular flexibility index (Phi) is 2.34. The molecule has 0 bridgehead atoms. The van der Waals surface area contributed by atoms with Crippen LogP contribution in [0.1, 0.15) is 39.1 Å². The summed E-state index contributed by atoms with van der Waals surface area (Å²) >= 11 is 1.62. The van der Waals surface area contributed by atoms with Gasteiger partial charge in [0, 0.05) is 0 Å². The Balaban J connectivity index is 2.17. The highest BCUT2D eigenvalue weighted by Crippen LogP contribution is 2.44. The third kappa shape index (κ3) is 1.66. The summed E-state index contributed by atoms with van der Waals surface area (Å²) in [5.74, 6) is 0.679. The van der Waals surface area contributed by atoms with Gasteiger partial charge in [0.15, 0.2) is 5.82 Å². The van der Waals surface area contributed by atoms with Crippen molar-refractivity contribution in [3.8, 4) is 10.7 Å². The monoisotopic (exact) mass is 261 g/mol. The Labute approximate surface area is 110 Å². The zero-order chi connectivity index (χ0) is 13.0. The summed E-state index contributed by atoms with van der Waals surface area (Å²) in [6.07, 6.45) is 0. The van der Waals surface area contributed by atoms with Crippen molar-refractivity contribution >= 4 is 11.3 Å². The van der Waals surface area contributed by atoms with Gasteiger partial charge >= 0.3 is 0 Å². The van der Waals surface area contributed by atoms with Gasteiger partial charge in [-0.05, 0) is 39.1 Å². The Morgan fingerprint density at radius 3 is 2.44 bits per heavy atom. The van der Waals surface area contributed by atoms with Gasteiger partial charge in [0.05, 0.1) is 4.88 Å². The second-order valence-electron chi connectivity index (χ2n) is 5.43. The first kappa shape index (κ1) is 11.7. The largest absolute Gasteiger partial charge is 0.357 e. The normalized spacial score (nSPS) is 19.8. The first-order valence-corrected chi connectivity index (χ1v) is 6.78. The molecule has 0 radical (unpaired) electrons. The van der Waals surface area contributed by atoms with Crippen molar-refractivity contribution in [1.82, 2.24) is 15.2 Å². The number of thiophene rings is 1. The Morgan fingerprint density at radius 1 is 1.06 bits per heavy atom. The fourth-order valence-corrected chi connectivity index (χ4v) is 3.05. The van der Waals surface area contributed by atoms with E-state index in [1.165, 1.54) is 0 Å². The fourth-order valence-electron chi connectivity index (χ4n) is 2.40. The molecule has 0 saturated carbocycles. The van der Waals surface area contributed by atoms with E-state index >= 15 is 0 Å². The van der Waals surface area contributed by atoms with Gasteiger partial charge in [-0.15, -0.1) is 21.5 Å². The van der Waals surface area contributed by atoms with Gasteiger partial charge in [0.1, 0.15) is 22.6 Å². The Bertz CT molecular complexity index is 590. The zero-order valence-electron chi connectivity index (χ0n) is 10.9. The average molecular weight is 261 g/mol. The van der Waals surface area contributed by atoms with E-state index in [2.05, 4.69) is 15.2 Å². The molecule has 18 heavy (non-hydrogen) atoms. The van der Waals surface area contributed by atoms with Crippen molar-refractivity contribution in [2.75, 3.05) is 0 Å². The van der Waals surface area contributed by atoms with Crippen LogP contribution in [0.2, 0.25) is 0 Å². The van der Waals surface area contributed by atoms with Crippen LogP contribution >= 0.6 is 11.3 Å². The number of hydrogen-bond acceptors (Lipinski definition) is 5. The summed E-state index contributed by atoms with van der Waals surface area (Å²) in [6.45, 7) is 8.05. The van der Waals surface area contributed by atoms with Crippen molar-refractivity contribution in [3.63, 3.8) is 0 Å². The minimum atomic E-state index is -0.424. The maximum absolute atomic E-state index is 6.02. The Hall–Kier alpha value is -1.33. The quantitative estimate of drug-likeness (QED) is 0.791. The highest BCUT2D eigenvalue weighted by atomic mass is 32.1. The van der Waals surface area contributed by atoms with E-state index in [-0.39, 0.29) is 0 Å². The van der Waals surface area contributed by atoms with Gasteiger partial charge in [-0.2, -0.15) is 0 Å². The molecule has 0 atom stereocenters.